The molecule has 3 rings (SSSR count). The molecule has 1 N–H and O–H groups in total. The number of thiazole rings is 1. The van der Waals surface area contributed by atoms with Crippen molar-refractivity contribution in [3.8, 4) is 0 Å². The van der Waals surface area contributed by atoms with E-state index in [1.807, 2.05) is 20.8 Å². The monoisotopic (exact) mass is 394 g/mol. The molecule has 3 heterocycles. The van der Waals surface area contributed by atoms with Crippen molar-refractivity contribution in [3.63, 3.8) is 0 Å². The molecule has 0 unspecified atom stereocenters. The number of hydrogen-bond donors (Lipinski definition) is 1. The number of urea groups is 1. The van der Waals surface area contributed by atoms with Crippen LogP contribution in [0, 0.1) is 0 Å². The Bertz CT molecular complexity index is 785. The number of carbonyl (C=O) groups excluding carboxylic acids is 2. The normalized spacial score (nSPS) is 20.3. The van der Waals surface area contributed by atoms with E-state index >= 15 is 0 Å². The molecule has 146 valence electrons. The van der Waals surface area contributed by atoms with Crippen molar-refractivity contribution in [2.75, 3.05) is 31.1 Å². The van der Waals surface area contributed by atoms with Gasteiger partial charge in [0.1, 0.15) is 5.60 Å². The summed E-state index contributed by atoms with van der Waals surface area (Å²) in [5.74, 6) is -1.05. The quantitative estimate of drug-likeness (QED) is 0.788. The van der Waals surface area contributed by atoms with E-state index in [1.54, 1.807) is 20.1 Å². The zero-order valence-corrected chi connectivity index (χ0v) is 16.2. The van der Waals surface area contributed by atoms with E-state index in [2.05, 4.69) is 4.98 Å². The van der Waals surface area contributed by atoms with Crippen LogP contribution in [0.15, 0.2) is 11.5 Å². The molecule has 2 saturated heterocycles. The van der Waals surface area contributed by atoms with Gasteiger partial charge in [0.2, 0.25) is 0 Å². The first-order chi connectivity index (χ1) is 12.6. The lowest BCUT2D eigenvalue weighted by Gasteiger charge is -2.36. The highest BCUT2D eigenvalue weighted by atomic mass is 32.1. The highest BCUT2D eigenvalue weighted by Gasteiger charge is 2.43. The first-order valence-electron chi connectivity index (χ1n) is 8.56. The predicted molar refractivity (Wildman–Crippen MR) is 99.8 cm³/mol. The number of rotatable bonds is 3. The molecule has 10 heteroatoms. The van der Waals surface area contributed by atoms with Gasteiger partial charge in [-0.25, -0.2) is 19.4 Å². The number of carboxylic acid groups (broad SMARTS) is 1. The van der Waals surface area contributed by atoms with E-state index in [1.165, 1.54) is 17.4 Å². The minimum atomic E-state index is -1.05. The number of carboxylic acids is 1. The summed E-state index contributed by atoms with van der Waals surface area (Å²) in [6.45, 7) is 7.16. The van der Waals surface area contributed by atoms with E-state index in [0.29, 0.717) is 37.0 Å². The van der Waals surface area contributed by atoms with Gasteiger partial charge >= 0.3 is 18.1 Å². The number of anilines is 1. The molecular weight excluding hydrogens is 372 g/mol. The van der Waals surface area contributed by atoms with Crippen molar-refractivity contribution in [2.45, 2.75) is 32.4 Å². The lowest BCUT2D eigenvalue weighted by atomic mass is 10.2. The fourth-order valence-electron chi connectivity index (χ4n) is 2.99. The Morgan fingerprint density at radius 1 is 1.33 bits per heavy atom. The van der Waals surface area contributed by atoms with Crippen LogP contribution in [0.4, 0.5) is 14.7 Å². The molecule has 3 amide bonds. The van der Waals surface area contributed by atoms with Gasteiger partial charge in [0, 0.05) is 31.1 Å². The number of piperazine rings is 1. The third-order valence-corrected chi connectivity index (χ3v) is 5.02. The topological polar surface area (TPSA) is 103 Å². The van der Waals surface area contributed by atoms with Crippen LogP contribution in [0.3, 0.4) is 0 Å². The summed E-state index contributed by atoms with van der Waals surface area (Å²) in [4.78, 5) is 44.9. The number of hydrogen-bond acceptors (Lipinski definition) is 6. The van der Waals surface area contributed by atoms with Crippen molar-refractivity contribution >= 4 is 40.6 Å². The average Bonchev–Trinajstić information content (AvgIpc) is 3.16. The summed E-state index contributed by atoms with van der Waals surface area (Å²) in [5, 5.41) is 10.9. The van der Waals surface area contributed by atoms with Gasteiger partial charge in [-0.2, -0.15) is 0 Å². The summed E-state index contributed by atoms with van der Waals surface area (Å²) in [7, 11) is 0. The molecule has 0 spiro atoms. The number of ether oxygens (including phenoxy) is 1. The van der Waals surface area contributed by atoms with Crippen LogP contribution < -0.4 is 4.90 Å². The number of fused-ring (bicyclic) bond motifs is 1. The third-order valence-electron chi connectivity index (χ3n) is 4.14. The minimum Gasteiger partial charge on any atom is -0.478 e. The zero-order valence-electron chi connectivity index (χ0n) is 15.4. The van der Waals surface area contributed by atoms with Crippen molar-refractivity contribution in [1.29, 1.82) is 0 Å². The van der Waals surface area contributed by atoms with Gasteiger partial charge < -0.3 is 19.6 Å². The smallest absolute Gasteiger partial charge is 0.410 e. The molecule has 0 radical (unpaired) electrons. The first kappa shape index (κ1) is 19.2. The SMILES string of the molecule is CC(C)(C)OC(=O)N1CCN2C(=O)N(c3nc(/C=C/C(=O)O)cs3)C[C@@H]2C1. The van der Waals surface area contributed by atoms with Crippen LogP contribution in [0.5, 0.6) is 0 Å². The minimum absolute atomic E-state index is 0.124. The molecule has 0 aliphatic carbocycles. The van der Waals surface area contributed by atoms with Crippen molar-refractivity contribution in [1.82, 2.24) is 14.8 Å². The van der Waals surface area contributed by atoms with Crippen molar-refractivity contribution < 1.29 is 24.2 Å². The van der Waals surface area contributed by atoms with Gasteiger partial charge in [0.05, 0.1) is 18.3 Å². The molecule has 0 aromatic carbocycles. The Morgan fingerprint density at radius 2 is 2.07 bits per heavy atom. The number of carbonyl (C=O) groups is 3. The van der Waals surface area contributed by atoms with Crippen LogP contribution in [0.1, 0.15) is 26.5 Å². The highest BCUT2D eigenvalue weighted by molar-refractivity contribution is 7.14. The zero-order chi connectivity index (χ0) is 19.8. The second-order valence-electron chi connectivity index (χ2n) is 7.39. The number of amides is 3. The van der Waals surface area contributed by atoms with E-state index in [-0.39, 0.29) is 18.2 Å². The van der Waals surface area contributed by atoms with Gasteiger partial charge in [-0.15, -0.1) is 11.3 Å². The molecule has 0 bridgehead atoms. The Kier molecular flexibility index (Phi) is 5.09. The molecule has 1 aromatic heterocycles. The van der Waals surface area contributed by atoms with Gasteiger partial charge in [-0.05, 0) is 26.8 Å². The molecule has 2 fully saturated rings. The third kappa shape index (κ3) is 4.38. The largest absolute Gasteiger partial charge is 0.478 e. The van der Waals surface area contributed by atoms with Crippen LogP contribution in [-0.4, -0.2) is 75.8 Å². The molecule has 0 saturated carbocycles. The fourth-order valence-corrected chi connectivity index (χ4v) is 3.79. The van der Waals surface area contributed by atoms with Gasteiger partial charge in [-0.3, -0.25) is 4.90 Å². The molecule has 9 nitrogen and oxygen atoms in total. The molecule has 1 aromatic rings. The highest BCUT2D eigenvalue weighted by Crippen LogP contribution is 2.29. The number of aliphatic carboxylic acids is 1. The Labute approximate surface area is 160 Å². The summed E-state index contributed by atoms with van der Waals surface area (Å²) in [5.41, 5.74) is -0.0718. The van der Waals surface area contributed by atoms with E-state index in [9.17, 15) is 14.4 Å². The average molecular weight is 394 g/mol. The maximum Gasteiger partial charge on any atom is 0.410 e. The van der Waals surface area contributed by atoms with Gasteiger partial charge in [-0.1, -0.05) is 0 Å². The standard InChI is InChI=1S/C17H22N4O5S/c1-17(2,3)26-16(25)19-6-7-20-12(8-19)9-21(15(20)24)14-18-11(10-27-14)4-5-13(22)23/h4-5,10,12H,6-9H2,1-3H3,(H,22,23)/b5-4+/t12-/m0/s1. The molecule has 2 aliphatic heterocycles. The number of nitrogens with zero attached hydrogens (tertiary/aromatic N) is 4. The molecule has 1 atom stereocenters. The molecular formula is C17H22N4O5S. The van der Waals surface area contributed by atoms with Crippen LogP contribution >= 0.6 is 11.3 Å². The van der Waals surface area contributed by atoms with Crippen LogP contribution in [0.2, 0.25) is 0 Å². The second-order valence-corrected chi connectivity index (χ2v) is 8.23. The van der Waals surface area contributed by atoms with Gasteiger partial charge in [0.15, 0.2) is 5.13 Å². The predicted octanol–water partition coefficient (Wildman–Crippen LogP) is 2.10. The van der Waals surface area contributed by atoms with Gasteiger partial charge in [0.25, 0.3) is 0 Å². The maximum atomic E-state index is 12.7. The molecule has 27 heavy (non-hydrogen) atoms. The summed E-state index contributed by atoms with van der Waals surface area (Å²) >= 11 is 1.28. The van der Waals surface area contributed by atoms with Crippen LogP contribution in [-0.2, 0) is 9.53 Å². The van der Waals surface area contributed by atoms with Crippen molar-refractivity contribution in [2.24, 2.45) is 0 Å². The van der Waals surface area contributed by atoms with E-state index in [4.69, 9.17) is 9.84 Å². The van der Waals surface area contributed by atoms with Crippen LogP contribution in [0.25, 0.3) is 6.08 Å². The Hall–Kier alpha value is -2.62. The summed E-state index contributed by atoms with van der Waals surface area (Å²) < 4.78 is 5.42. The van der Waals surface area contributed by atoms with Crippen molar-refractivity contribution in [3.05, 3.63) is 17.2 Å². The fraction of sp³-hybridized carbons (Fsp3) is 0.529. The second kappa shape index (κ2) is 7.18. The maximum absolute atomic E-state index is 12.7. The Balaban J connectivity index is 1.67. The number of aromatic nitrogens is 1. The first-order valence-corrected chi connectivity index (χ1v) is 9.44. The van der Waals surface area contributed by atoms with E-state index < -0.39 is 11.6 Å². The van der Waals surface area contributed by atoms with E-state index in [0.717, 1.165) is 6.08 Å². The summed E-state index contributed by atoms with van der Waals surface area (Å²) in [6, 6.07) is -0.271. The lowest BCUT2D eigenvalue weighted by molar-refractivity contribution is -0.131. The summed E-state index contributed by atoms with van der Waals surface area (Å²) in [6.07, 6.45) is 2.02. The molecule has 2 aliphatic rings. The Morgan fingerprint density at radius 3 is 2.74 bits per heavy atom. The lowest BCUT2D eigenvalue weighted by Crippen LogP contribution is -2.54.